The second kappa shape index (κ2) is 6.11. The first-order valence-electron chi connectivity index (χ1n) is 5.30. The van der Waals surface area contributed by atoms with Crippen LogP contribution >= 0.6 is 11.6 Å². The fourth-order valence-electron chi connectivity index (χ4n) is 1.51. The van der Waals surface area contributed by atoms with Gasteiger partial charge in [0.25, 0.3) is 0 Å². The summed E-state index contributed by atoms with van der Waals surface area (Å²) >= 11 is 5.83. The van der Waals surface area contributed by atoms with Crippen LogP contribution in [0.1, 0.15) is 31.9 Å². The minimum absolute atomic E-state index is 0.289. The zero-order chi connectivity index (χ0) is 11.3. The summed E-state index contributed by atoms with van der Waals surface area (Å²) in [6.45, 7) is 4.51. The molecule has 1 aromatic carbocycles. The van der Waals surface area contributed by atoms with E-state index in [0.717, 1.165) is 11.4 Å². The van der Waals surface area contributed by atoms with Crippen LogP contribution in [0.25, 0.3) is 0 Å². The summed E-state index contributed by atoms with van der Waals surface area (Å²) in [7, 11) is 0. The van der Waals surface area contributed by atoms with E-state index < -0.39 is 0 Å². The van der Waals surface area contributed by atoms with Gasteiger partial charge in [-0.15, -0.1) is 0 Å². The van der Waals surface area contributed by atoms with Crippen molar-refractivity contribution in [2.75, 3.05) is 6.54 Å². The Bertz CT molecular complexity index is 284. The van der Waals surface area contributed by atoms with Gasteiger partial charge in [0.15, 0.2) is 0 Å². The molecule has 0 heterocycles. The number of halogens is 1. The maximum atomic E-state index is 9.20. The lowest BCUT2D eigenvalue weighted by molar-refractivity contribution is 0.185. The van der Waals surface area contributed by atoms with E-state index in [2.05, 4.69) is 12.2 Å². The molecule has 2 N–H and O–H groups in total. The summed E-state index contributed by atoms with van der Waals surface area (Å²) in [4.78, 5) is 0. The van der Waals surface area contributed by atoms with Crippen molar-refractivity contribution >= 4 is 11.6 Å². The molecule has 1 aromatic rings. The normalized spacial score (nSPS) is 14.9. The number of benzene rings is 1. The predicted octanol–water partition coefficient (Wildman–Crippen LogP) is 2.76. The third-order valence-electron chi connectivity index (χ3n) is 2.34. The second-order valence-corrected chi connectivity index (χ2v) is 4.21. The van der Waals surface area contributed by atoms with Crippen molar-refractivity contribution in [1.29, 1.82) is 0 Å². The summed E-state index contributed by atoms with van der Waals surface area (Å²) in [5, 5.41) is 13.3. The van der Waals surface area contributed by atoms with Crippen molar-refractivity contribution in [1.82, 2.24) is 5.32 Å². The van der Waals surface area contributed by atoms with E-state index in [0.29, 0.717) is 6.54 Å². The van der Waals surface area contributed by atoms with Crippen molar-refractivity contribution in [2.24, 2.45) is 0 Å². The highest BCUT2D eigenvalue weighted by atomic mass is 35.5. The molecule has 0 aromatic heterocycles. The number of rotatable bonds is 5. The van der Waals surface area contributed by atoms with Crippen LogP contribution in [-0.4, -0.2) is 17.8 Å². The van der Waals surface area contributed by atoms with Crippen molar-refractivity contribution < 1.29 is 5.11 Å². The zero-order valence-corrected chi connectivity index (χ0v) is 9.96. The fraction of sp³-hybridized carbons (Fsp3) is 0.500. The molecule has 0 radical (unpaired) electrons. The molecule has 0 unspecified atom stereocenters. The Morgan fingerprint density at radius 2 is 1.93 bits per heavy atom. The van der Waals surface area contributed by atoms with Gasteiger partial charge in [0.2, 0.25) is 0 Å². The molecule has 0 aliphatic heterocycles. The number of nitrogens with one attached hydrogen (secondary N) is 1. The Morgan fingerprint density at radius 1 is 1.33 bits per heavy atom. The first-order chi connectivity index (χ1) is 7.13. The number of hydrogen-bond donors (Lipinski definition) is 2. The van der Waals surface area contributed by atoms with Crippen molar-refractivity contribution in [3.8, 4) is 0 Å². The minimum atomic E-state index is -0.314. The minimum Gasteiger partial charge on any atom is -0.392 e. The van der Waals surface area contributed by atoms with Crippen molar-refractivity contribution in [3.05, 3.63) is 34.9 Å². The van der Waals surface area contributed by atoms with E-state index in [1.807, 2.05) is 24.3 Å². The van der Waals surface area contributed by atoms with Crippen LogP contribution in [0, 0.1) is 0 Å². The van der Waals surface area contributed by atoms with Crippen LogP contribution in [0.3, 0.4) is 0 Å². The Kier molecular flexibility index (Phi) is 5.09. The number of aliphatic hydroxyl groups excluding tert-OH is 1. The molecule has 2 atom stereocenters. The van der Waals surface area contributed by atoms with Crippen LogP contribution in [0.15, 0.2) is 24.3 Å². The Balaban J connectivity index is 2.61. The zero-order valence-electron chi connectivity index (χ0n) is 9.20. The molecule has 0 amide bonds. The molecule has 0 aliphatic rings. The maximum absolute atomic E-state index is 9.20. The molecule has 0 aliphatic carbocycles. The van der Waals surface area contributed by atoms with E-state index >= 15 is 0 Å². The fourth-order valence-corrected chi connectivity index (χ4v) is 1.63. The summed E-state index contributed by atoms with van der Waals surface area (Å²) in [5.74, 6) is 0. The predicted molar refractivity (Wildman–Crippen MR) is 64.2 cm³/mol. The summed E-state index contributed by atoms with van der Waals surface area (Å²) in [5.41, 5.74) is 1.21. The smallest absolute Gasteiger partial charge is 0.0636 e. The van der Waals surface area contributed by atoms with Crippen LogP contribution in [-0.2, 0) is 0 Å². The van der Waals surface area contributed by atoms with Gasteiger partial charge in [-0.3, -0.25) is 0 Å². The molecule has 3 heteroatoms. The third kappa shape index (κ3) is 4.20. The van der Waals surface area contributed by atoms with E-state index in [1.165, 1.54) is 5.56 Å². The molecule has 0 saturated carbocycles. The van der Waals surface area contributed by atoms with Crippen LogP contribution in [0.2, 0.25) is 5.02 Å². The van der Waals surface area contributed by atoms with Gasteiger partial charge in [0.1, 0.15) is 0 Å². The topological polar surface area (TPSA) is 32.3 Å². The van der Waals surface area contributed by atoms with Gasteiger partial charge in [-0.05, 0) is 31.0 Å². The SMILES string of the molecule is CC[C@H](NC[C@@H](C)O)c1ccc(Cl)cc1. The van der Waals surface area contributed by atoms with Gasteiger partial charge < -0.3 is 10.4 Å². The lowest BCUT2D eigenvalue weighted by Gasteiger charge is -2.18. The third-order valence-corrected chi connectivity index (χ3v) is 2.59. The maximum Gasteiger partial charge on any atom is 0.0636 e. The highest BCUT2D eigenvalue weighted by Gasteiger charge is 2.08. The molecule has 1 rings (SSSR count). The van der Waals surface area contributed by atoms with E-state index in [4.69, 9.17) is 11.6 Å². The van der Waals surface area contributed by atoms with E-state index in [1.54, 1.807) is 6.92 Å². The van der Waals surface area contributed by atoms with E-state index in [9.17, 15) is 5.11 Å². The Morgan fingerprint density at radius 3 is 2.40 bits per heavy atom. The number of hydrogen-bond acceptors (Lipinski definition) is 2. The van der Waals surface area contributed by atoms with Gasteiger partial charge >= 0.3 is 0 Å². The first kappa shape index (κ1) is 12.5. The van der Waals surface area contributed by atoms with Crippen molar-refractivity contribution in [2.45, 2.75) is 32.4 Å². The first-order valence-corrected chi connectivity index (χ1v) is 5.68. The molecular weight excluding hydrogens is 210 g/mol. The molecule has 0 fully saturated rings. The van der Waals surface area contributed by atoms with Gasteiger partial charge in [0, 0.05) is 17.6 Å². The van der Waals surface area contributed by atoms with Gasteiger partial charge in [0.05, 0.1) is 6.10 Å². The molecule has 0 spiro atoms. The van der Waals surface area contributed by atoms with Gasteiger partial charge in [-0.25, -0.2) is 0 Å². The van der Waals surface area contributed by atoms with Crippen LogP contribution in [0.4, 0.5) is 0 Å². The van der Waals surface area contributed by atoms with Gasteiger partial charge in [-0.2, -0.15) is 0 Å². The summed E-state index contributed by atoms with van der Waals surface area (Å²) in [6.07, 6.45) is 0.681. The highest BCUT2D eigenvalue weighted by molar-refractivity contribution is 6.30. The summed E-state index contributed by atoms with van der Waals surface area (Å²) in [6, 6.07) is 8.11. The monoisotopic (exact) mass is 227 g/mol. The van der Waals surface area contributed by atoms with Crippen LogP contribution < -0.4 is 5.32 Å². The average Bonchev–Trinajstić information content (AvgIpc) is 2.21. The number of aliphatic hydroxyl groups is 1. The molecule has 0 bridgehead atoms. The standard InChI is InChI=1S/C12H18ClNO/c1-3-12(14-8-9(2)15)10-4-6-11(13)7-5-10/h4-7,9,12,14-15H,3,8H2,1-2H3/t9-,12+/m1/s1. The highest BCUT2D eigenvalue weighted by Crippen LogP contribution is 2.18. The Labute approximate surface area is 96.3 Å². The Hall–Kier alpha value is -0.570. The molecular formula is C12H18ClNO. The summed E-state index contributed by atoms with van der Waals surface area (Å²) < 4.78 is 0. The second-order valence-electron chi connectivity index (χ2n) is 3.77. The molecule has 0 saturated heterocycles. The molecule has 15 heavy (non-hydrogen) atoms. The lowest BCUT2D eigenvalue weighted by Crippen LogP contribution is -2.28. The van der Waals surface area contributed by atoms with Gasteiger partial charge in [-0.1, -0.05) is 30.7 Å². The molecule has 84 valence electrons. The van der Waals surface area contributed by atoms with Crippen LogP contribution in [0.5, 0.6) is 0 Å². The lowest BCUT2D eigenvalue weighted by atomic mass is 10.0. The average molecular weight is 228 g/mol. The van der Waals surface area contributed by atoms with E-state index in [-0.39, 0.29) is 12.1 Å². The quantitative estimate of drug-likeness (QED) is 0.811. The largest absolute Gasteiger partial charge is 0.392 e. The van der Waals surface area contributed by atoms with Crippen molar-refractivity contribution in [3.63, 3.8) is 0 Å². The molecule has 2 nitrogen and oxygen atoms in total.